The zero-order chi connectivity index (χ0) is 60.4. The number of rotatable bonds is 12. The normalized spacial score (nSPS) is 11.1. The van der Waals surface area contributed by atoms with Gasteiger partial charge in [0.05, 0.1) is 22.4 Å². The van der Waals surface area contributed by atoms with E-state index in [-0.39, 0.29) is 38.2 Å². The molecule has 18 heteroatoms. The van der Waals surface area contributed by atoms with Crippen molar-refractivity contribution >= 4 is 99.8 Å². The highest BCUT2D eigenvalue weighted by atomic mass is 79.9. The van der Waals surface area contributed by atoms with Crippen LogP contribution in [0, 0.1) is 0 Å². The maximum absolute atomic E-state index is 13.7. The van der Waals surface area contributed by atoms with E-state index in [1.165, 1.54) is 18.3 Å². The number of H-pyrrole nitrogens is 4. The van der Waals surface area contributed by atoms with Crippen LogP contribution >= 0.6 is 31.9 Å². The lowest BCUT2D eigenvalue weighted by Gasteiger charge is -2.12. The van der Waals surface area contributed by atoms with Crippen molar-refractivity contribution in [3.8, 4) is 44.6 Å². The van der Waals surface area contributed by atoms with Crippen molar-refractivity contribution in [1.29, 1.82) is 0 Å². The fourth-order valence-electron chi connectivity index (χ4n) is 9.98. The highest BCUT2D eigenvalue weighted by Crippen LogP contribution is 2.34. The number of ketones is 3. The van der Waals surface area contributed by atoms with Crippen molar-refractivity contribution in [3.05, 3.63) is 305 Å². The molecule has 7 aromatic heterocycles. The summed E-state index contributed by atoms with van der Waals surface area (Å²) in [6, 6.07) is 56.0. The van der Waals surface area contributed by atoms with E-state index in [2.05, 4.69) is 77.2 Å². The van der Waals surface area contributed by atoms with Gasteiger partial charge >= 0.3 is 0 Å². The number of aromatic nitrogens is 9. The first kappa shape index (κ1) is 57.6. The van der Waals surface area contributed by atoms with Gasteiger partial charge in [0.1, 0.15) is 5.69 Å². The number of nitrogens with zero attached hydrogens (tertiary/aromatic N) is 5. The smallest absolute Gasteiger partial charge is 0.260 e. The lowest BCUT2D eigenvalue weighted by molar-refractivity contribution is 0.102. The first-order chi connectivity index (χ1) is 42.4. The minimum absolute atomic E-state index is 0. The Morgan fingerprint density at radius 3 is 1.26 bits per heavy atom. The summed E-state index contributed by atoms with van der Waals surface area (Å²) in [7, 11) is 0. The number of nitrogens with two attached hydrogens (primary N) is 1. The molecule has 13 rings (SSSR count). The number of carbonyl (C=O) groups excluding carboxylic acids is 3. The number of benzene rings is 6. The highest BCUT2D eigenvalue weighted by molar-refractivity contribution is 9.10. The molecule has 0 bridgehead atoms. The Labute approximate surface area is 516 Å². The van der Waals surface area contributed by atoms with Gasteiger partial charge in [0.15, 0.2) is 17.3 Å². The van der Waals surface area contributed by atoms with Crippen LogP contribution in [0.15, 0.2) is 255 Å². The first-order valence-electron chi connectivity index (χ1n) is 26.8. The number of allylic oxidation sites excluding steroid dienone is 2. The molecule has 87 heavy (non-hydrogen) atoms. The largest absolute Gasteiger partial charge is 0.397 e. The second-order valence-electron chi connectivity index (χ2n) is 19.5. The van der Waals surface area contributed by atoms with Crippen molar-refractivity contribution < 1.29 is 18.7 Å². The van der Waals surface area contributed by atoms with E-state index >= 15 is 0 Å². The maximum Gasteiger partial charge on any atom is 0.260 e. The van der Waals surface area contributed by atoms with Gasteiger partial charge in [-0.3, -0.25) is 43.7 Å². The molecule has 0 atom stereocenters. The molecular formula is C69H52Br2N10O6. The standard InChI is InChI=1S/C23H14BrN5O2.C23H15BrN2O2.C23H17N3O2.3H2/c24-15-10-14(11-25-12-15)20-21(28-29-27-20)22(30)19-18(13-6-2-1-3-7-13)16-8-4-5-9-17(16)26-23(19)31;2*24-17-12-15(13-25-14-17)10-11-20(27)22-21(16-6-2-1-3-7-16)18-8-4-5-9-19(18)26-23(22)28;;;/h1-12H,(H,26,31)(H,27,28,29);1-14H,(H,26,28);1-14H,24H2,(H,26,28);3*1H/b;2*11-10+;;;. The first-order valence-corrected chi connectivity index (χ1v) is 28.4. The predicted octanol–water partition coefficient (Wildman–Crippen LogP) is 14.4. The molecule has 428 valence electrons. The number of nitrogen functional groups attached to an aromatic ring is 1. The number of hydrogen-bond donors (Lipinski definition) is 5. The zero-order valence-electron chi connectivity index (χ0n) is 45.6. The number of aromatic amines is 4. The molecule has 0 amide bonds. The Morgan fingerprint density at radius 1 is 0.425 bits per heavy atom. The van der Waals surface area contributed by atoms with E-state index in [0.29, 0.717) is 55.7 Å². The number of carbonyl (C=O) groups is 3. The van der Waals surface area contributed by atoms with Crippen LogP contribution in [-0.4, -0.2) is 62.7 Å². The third kappa shape index (κ3) is 12.8. The average Bonchev–Trinajstić information content (AvgIpc) is 1.46. The van der Waals surface area contributed by atoms with Crippen molar-refractivity contribution in [3.63, 3.8) is 0 Å². The molecule has 0 aliphatic carbocycles. The van der Waals surface area contributed by atoms with E-state index in [1.807, 2.05) is 170 Å². The van der Waals surface area contributed by atoms with Gasteiger partial charge in [0.25, 0.3) is 16.7 Å². The van der Waals surface area contributed by atoms with Gasteiger partial charge in [-0.2, -0.15) is 15.4 Å². The van der Waals surface area contributed by atoms with Crippen LogP contribution in [0.2, 0.25) is 0 Å². The third-order valence-corrected chi connectivity index (χ3v) is 14.6. The van der Waals surface area contributed by atoms with E-state index in [9.17, 15) is 28.8 Å². The van der Waals surface area contributed by atoms with Crippen molar-refractivity contribution in [2.45, 2.75) is 0 Å². The molecule has 0 radical (unpaired) electrons. The van der Waals surface area contributed by atoms with Gasteiger partial charge in [-0.15, -0.1) is 0 Å². The van der Waals surface area contributed by atoms with Crippen LogP contribution in [0.5, 0.6) is 0 Å². The quantitative estimate of drug-likeness (QED) is 0.0565. The fourth-order valence-corrected chi connectivity index (χ4v) is 10.7. The van der Waals surface area contributed by atoms with Gasteiger partial charge in [-0.25, -0.2) is 0 Å². The topological polar surface area (TPSA) is 256 Å². The van der Waals surface area contributed by atoms with Crippen LogP contribution in [-0.2, 0) is 0 Å². The molecule has 0 spiro atoms. The SMILES string of the molecule is Nc1cncc(/C=C/C(=O)c2c(-c3ccccc3)c3ccccc3[nH]c2=O)c1.O=C(/C=C/c1cncc(Br)c1)c1c(-c2ccccc2)c2ccccc2[nH]c1=O.O=C(c1n[nH]nc1-c1cncc(Br)c1)c1c(-c2ccccc2)c2ccccc2[nH]c1=O.[HH].[HH].[HH]. The minimum atomic E-state index is -0.519. The van der Waals surface area contributed by atoms with Crippen LogP contribution in [0.4, 0.5) is 5.69 Å². The summed E-state index contributed by atoms with van der Waals surface area (Å²) in [4.78, 5) is 99.1. The summed E-state index contributed by atoms with van der Waals surface area (Å²) in [5, 5.41) is 13.1. The Hall–Kier alpha value is -11.2. The van der Waals surface area contributed by atoms with Crippen LogP contribution < -0.4 is 22.4 Å². The molecule has 0 unspecified atom stereocenters. The van der Waals surface area contributed by atoms with E-state index in [4.69, 9.17) is 5.73 Å². The highest BCUT2D eigenvalue weighted by Gasteiger charge is 2.28. The number of hydrogen-bond acceptors (Lipinski definition) is 12. The molecule has 6 N–H and O–H groups in total. The van der Waals surface area contributed by atoms with Gasteiger partial charge in [0, 0.05) is 105 Å². The summed E-state index contributed by atoms with van der Waals surface area (Å²) >= 11 is 6.73. The second-order valence-corrected chi connectivity index (χ2v) is 21.3. The molecule has 0 fully saturated rings. The third-order valence-electron chi connectivity index (χ3n) is 13.8. The fraction of sp³-hybridized carbons (Fsp3) is 0. The number of anilines is 1. The molecule has 0 aliphatic heterocycles. The maximum atomic E-state index is 13.7. The van der Waals surface area contributed by atoms with Crippen molar-refractivity contribution in [2.75, 3.05) is 5.73 Å². The molecule has 13 aromatic rings. The van der Waals surface area contributed by atoms with Crippen molar-refractivity contribution in [1.82, 2.24) is 45.3 Å². The van der Waals surface area contributed by atoms with Gasteiger partial charge in [-0.05, 0) is 120 Å². The summed E-state index contributed by atoms with van der Waals surface area (Å²) in [6.07, 6.45) is 15.7. The summed E-state index contributed by atoms with van der Waals surface area (Å²) in [5.74, 6) is -1.26. The van der Waals surface area contributed by atoms with E-state index in [0.717, 1.165) is 47.4 Å². The Bertz CT molecular complexity index is 4830. The molecule has 7 heterocycles. The number of fused-ring (bicyclic) bond motifs is 3. The molecule has 16 nitrogen and oxygen atoms in total. The Morgan fingerprint density at radius 2 is 0.816 bits per heavy atom. The minimum Gasteiger partial charge on any atom is -0.397 e. The van der Waals surface area contributed by atoms with Crippen molar-refractivity contribution in [2.24, 2.45) is 0 Å². The van der Waals surface area contributed by atoms with Gasteiger partial charge in [0.2, 0.25) is 5.78 Å². The zero-order valence-corrected chi connectivity index (χ0v) is 48.8. The summed E-state index contributed by atoms with van der Waals surface area (Å²) < 4.78 is 1.55. The molecular weight excluding hydrogens is 1220 g/mol. The van der Waals surface area contributed by atoms with E-state index in [1.54, 1.807) is 55.3 Å². The lowest BCUT2D eigenvalue weighted by Crippen LogP contribution is -2.21. The predicted molar refractivity (Wildman–Crippen MR) is 354 cm³/mol. The van der Waals surface area contributed by atoms with Crippen LogP contribution in [0.3, 0.4) is 0 Å². The molecule has 0 aliphatic rings. The number of pyridine rings is 6. The van der Waals surface area contributed by atoms with Gasteiger partial charge in [-0.1, -0.05) is 146 Å². The number of para-hydroxylation sites is 3. The molecule has 6 aromatic carbocycles. The monoisotopic (exact) mass is 1270 g/mol. The van der Waals surface area contributed by atoms with Gasteiger partial charge < -0.3 is 20.7 Å². The Balaban J connectivity index is 0.000000172. The van der Waals surface area contributed by atoms with Crippen LogP contribution in [0.25, 0.3) is 89.5 Å². The second kappa shape index (κ2) is 26.2. The lowest BCUT2D eigenvalue weighted by atomic mass is 9.92. The average molecular weight is 1280 g/mol. The molecule has 0 saturated carbocycles. The summed E-state index contributed by atoms with van der Waals surface area (Å²) in [5.41, 5.74) is 13.9. The van der Waals surface area contributed by atoms with E-state index < -0.39 is 22.5 Å². The van der Waals surface area contributed by atoms with Crippen LogP contribution in [0.1, 0.15) is 52.2 Å². The molecule has 0 saturated heterocycles. The number of nitrogens with one attached hydrogen (secondary N) is 4. The summed E-state index contributed by atoms with van der Waals surface area (Å²) in [6.45, 7) is 0. The Kier molecular flexibility index (Phi) is 17.3. The number of halogens is 2.